The van der Waals surface area contributed by atoms with E-state index < -0.39 is 0 Å². The van der Waals surface area contributed by atoms with E-state index in [0.717, 1.165) is 18.7 Å². The van der Waals surface area contributed by atoms with Crippen molar-refractivity contribution in [3.05, 3.63) is 24.0 Å². The van der Waals surface area contributed by atoms with Crippen molar-refractivity contribution in [3.63, 3.8) is 0 Å². The van der Waals surface area contributed by atoms with E-state index in [4.69, 9.17) is 0 Å². The van der Waals surface area contributed by atoms with Gasteiger partial charge < -0.3 is 10.2 Å². The van der Waals surface area contributed by atoms with Crippen molar-refractivity contribution in [3.8, 4) is 0 Å². The third-order valence-electron chi connectivity index (χ3n) is 3.32. The van der Waals surface area contributed by atoms with Crippen LogP contribution in [0.5, 0.6) is 0 Å². The Kier molecular flexibility index (Phi) is 3.31. The van der Waals surface area contributed by atoms with E-state index in [1.54, 1.807) is 12.3 Å². The molecular formula is C13H19N3O. The van der Waals surface area contributed by atoms with Gasteiger partial charge in [-0.15, -0.1) is 0 Å². The number of hydrogen-bond acceptors (Lipinski definition) is 3. The number of nitrogens with one attached hydrogen (secondary N) is 1. The highest BCUT2D eigenvalue weighted by Crippen LogP contribution is 2.23. The Morgan fingerprint density at radius 1 is 1.47 bits per heavy atom. The molecule has 2 atom stereocenters. The van der Waals surface area contributed by atoms with E-state index in [1.807, 2.05) is 18.0 Å². The third kappa shape index (κ3) is 2.40. The van der Waals surface area contributed by atoms with Gasteiger partial charge in [-0.25, -0.2) is 4.98 Å². The van der Waals surface area contributed by atoms with Crippen LogP contribution < -0.4 is 5.32 Å². The monoisotopic (exact) mass is 233 g/mol. The number of carbonyl (C=O) groups is 1. The topological polar surface area (TPSA) is 45.2 Å². The van der Waals surface area contributed by atoms with Crippen molar-refractivity contribution in [2.45, 2.75) is 26.3 Å². The lowest BCUT2D eigenvalue weighted by Crippen LogP contribution is -2.34. The van der Waals surface area contributed by atoms with Gasteiger partial charge in [0, 0.05) is 19.6 Å². The second-order valence-electron chi connectivity index (χ2n) is 4.83. The molecular weight excluding hydrogens is 214 g/mol. The highest BCUT2D eigenvalue weighted by molar-refractivity contribution is 5.92. The Morgan fingerprint density at radius 2 is 2.24 bits per heavy atom. The molecule has 1 aromatic heterocycles. The van der Waals surface area contributed by atoms with E-state index >= 15 is 0 Å². The number of aromatic nitrogens is 1. The predicted molar refractivity (Wildman–Crippen MR) is 68.1 cm³/mol. The lowest BCUT2D eigenvalue weighted by atomic mass is 10.1. The van der Waals surface area contributed by atoms with Crippen molar-refractivity contribution in [2.75, 3.05) is 18.9 Å². The van der Waals surface area contributed by atoms with E-state index in [-0.39, 0.29) is 5.91 Å². The first-order chi connectivity index (χ1) is 8.11. The molecule has 0 bridgehead atoms. The summed E-state index contributed by atoms with van der Waals surface area (Å²) in [5.74, 6) is 0.634. The van der Waals surface area contributed by atoms with Gasteiger partial charge in [0.25, 0.3) is 5.91 Å². The van der Waals surface area contributed by atoms with Crippen LogP contribution >= 0.6 is 0 Å². The van der Waals surface area contributed by atoms with Crippen LogP contribution in [0.15, 0.2) is 18.3 Å². The fourth-order valence-electron chi connectivity index (χ4n) is 2.40. The Bertz CT molecular complexity index is 402. The zero-order chi connectivity index (χ0) is 12.4. The molecule has 2 rings (SSSR count). The Labute approximate surface area is 102 Å². The van der Waals surface area contributed by atoms with Crippen molar-refractivity contribution in [1.29, 1.82) is 0 Å². The molecule has 2 unspecified atom stereocenters. The van der Waals surface area contributed by atoms with Gasteiger partial charge >= 0.3 is 0 Å². The summed E-state index contributed by atoms with van der Waals surface area (Å²) < 4.78 is 0. The van der Waals surface area contributed by atoms with Crippen LogP contribution in [-0.2, 0) is 0 Å². The first-order valence-electron chi connectivity index (χ1n) is 6.06. The summed E-state index contributed by atoms with van der Waals surface area (Å²) in [4.78, 5) is 18.4. The molecule has 0 radical (unpaired) electrons. The number of likely N-dealkylation sites (tertiary alicyclic amines) is 1. The Balaban J connectivity index is 2.13. The van der Waals surface area contributed by atoms with Crippen LogP contribution in [-0.4, -0.2) is 35.4 Å². The predicted octanol–water partition coefficient (Wildman–Crippen LogP) is 1.99. The summed E-state index contributed by atoms with van der Waals surface area (Å²) in [5, 5.41) is 2.99. The highest BCUT2D eigenvalue weighted by Gasteiger charge is 2.30. The quantitative estimate of drug-likeness (QED) is 0.849. The van der Waals surface area contributed by atoms with Gasteiger partial charge in [-0.2, -0.15) is 0 Å². The van der Waals surface area contributed by atoms with Crippen LogP contribution in [0.25, 0.3) is 0 Å². The molecule has 1 N–H and O–H groups in total. The third-order valence-corrected chi connectivity index (χ3v) is 3.32. The summed E-state index contributed by atoms with van der Waals surface area (Å²) >= 11 is 0. The molecule has 4 nitrogen and oxygen atoms in total. The van der Waals surface area contributed by atoms with Crippen LogP contribution in [0.3, 0.4) is 0 Å². The second-order valence-corrected chi connectivity index (χ2v) is 4.83. The van der Waals surface area contributed by atoms with E-state index in [0.29, 0.717) is 17.7 Å². The lowest BCUT2D eigenvalue weighted by molar-refractivity contribution is 0.0738. The maximum Gasteiger partial charge on any atom is 0.272 e. The first-order valence-corrected chi connectivity index (χ1v) is 6.06. The van der Waals surface area contributed by atoms with Gasteiger partial charge in [-0.05, 0) is 31.4 Å². The highest BCUT2D eigenvalue weighted by atomic mass is 16.2. The molecule has 92 valence electrons. The standard InChI is InChI=1S/C13H19N3O/c1-9-6-10(2)16(8-9)13(17)12-5-4-11(14-3)7-15-12/h4-5,7,9-10,14H,6,8H2,1-3H3. The van der Waals surface area contributed by atoms with Gasteiger partial charge in [-0.3, -0.25) is 4.79 Å². The van der Waals surface area contributed by atoms with E-state index in [9.17, 15) is 4.79 Å². The zero-order valence-corrected chi connectivity index (χ0v) is 10.6. The summed E-state index contributed by atoms with van der Waals surface area (Å²) in [5.41, 5.74) is 1.45. The fourth-order valence-corrected chi connectivity index (χ4v) is 2.40. The number of carbonyl (C=O) groups excluding carboxylic acids is 1. The average Bonchev–Trinajstić information content (AvgIpc) is 2.68. The Morgan fingerprint density at radius 3 is 2.71 bits per heavy atom. The molecule has 0 aliphatic carbocycles. The van der Waals surface area contributed by atoms with Crippen LogP contribution in [0.2, 0.25) is 0 Å². The summed E-state index contributed by atoms with van der Waals surface area (Å²) in [6, 6.07) is 3.98. The molecule has 1 aliphatic rings. The zero-order valence-electron chi connectivity index (χ0n) is 10.6. The number of amides is 1. The minimum absolute atomic E-state index is 0.0458. The Hall–Kier alpha value is -1.58. The molecule has 0 saturated carbocycles. The van der Waals surface area contributed by atoms with Crippen LogP contribution in [0.1, 0.15) is 30.8 Å². The maximum atomic E-state index is 12.2. The lowest BCUT2D eigenvalue weighted by Gasteiger charge is -2.20. The molecule has 4 heteroatoms. The van der Waals surface area contributed by atoms with Gasteiger partial charge in [0.15, 0.2) is 0 Å². The number of rotatable bonds is 2. The minimum Gasteiger partial charge on any atom is -0.387 e. The molecule has 1 aliphatic heterocycles. The summed E-state index contributed by atoms with van der Waals surface area (Å²) in [6.07, 6.45) is 2.78. The SMILES string of the molecule is CNc1ccc(C(=O)N2CC(C)CC2C)nc1. The number of anilines is 1. The first kappa shape index (κ1) is 11.9. The maximum absolute atomic E-state index is 12.2. The molecule has 0 aromatic carbocycles. The molecule has 1 saturated heterocycles. The molecule has 2 heterocycles. The summed E-state index contributed by atoms with van der Waals surface area (Å²) in [6.45, 7) is 5.13. The van der Waals surface area contributed by atoms with Crippen molar-refractivity contribution in [2.24, 2.45) is 5.92 Å². The number of hydrogen-bond donors (Lipinski definition) is 1. The second kappa shape index (κ2) is 4.73. The van der Waals surface area contributed by atoms with E-state index in [2.05, 4.69) is 24.1 Å². The van der Waals surface area contributed by atoms with Crippen LogP contribution in [0.4, 0.5) is 5.69 Å². The largest absolute Gasteiger partial charge is 0.387 e. The normalized spacial score (nSPS) is 23.8. The van der Waals surface area contributed by atoms with Crippen molar-refractivity contribution in [1.82, 2.24) is 9.88 Å². The average molecular weight is 233 g/mol. The minimum atomic E-state index is 0.0458. The number of pyridine rings is 1. The van der Waals surface area contributed by atoms with Crippen LogP contribution in [0, 0.1) is 5.92 Å². The molecule has 1 fully saturated rings. The van der Waals surface area contributed by atoms with Gasteiger partial charge in [-0.1, -0.05) is 6.92 Å². The van der Waals surface area contributed by atoms with Gasteiger partial charge in [0.05, 0.1) is 11.9 Å². The molecule has 17 heavy (non-hydrogen) atoms. The molecule has 1 aromatic rings. The van der Waals surface area contributed by atoms with Crippen molar-refractivity contribution < 1.29 is 4.79 Å². The van der Waals surface area contributed by atoms with Gasteiger partial charge in [0.2, 0.25) is 0 Å². The number of nitrogens with zero attached hydrogens (tertiary/aromatic N) is 2. The fraction of sp³-hybridized carbons (Fsp3) is 0.538. The van der Waals surface area contributed by atoms with E-state index in [1.165, 1.54) is 0 Å². The van der Waals surface area contributed by atoms with Gasteiger partial charge in [0.1, 0.15) is 5.69 Å². The smallest absolute Gasteiger partial charge is 0.272 e. The molecule has 1 amide bonds. The summed E-state index contributed by atoms with van der Waals surface area (Å²) in [7, 11) is 1.84. The van der Waals surface area contributed by atoms with Crippen molar-refractivity contribution >= 4 is 11.6 Å². The molecule has 0 spiro atoms.